The maximum absolute atomic E-state index is 4.38. The summed E-state index contributed by atoms with van der Waals surface area (Å²) in [6.45, 7) is 2.17. The zero-order valence-electron chi connectivity index (χ0n) is 6.87. The van der Waals surface area contributed by atoms with Gasteiger partial charge in [0.05, 0.1) is 6.04 Å². The summed E-state index contributed by atoms with van der Waals surface area (Å²) in [6, 6.07) is 0.401. The minimum atomic E-state index is 0.401. The zero-order chi connectivity index (χ0) is 8.55. The molecule has 0 aromatic heterocycles. The summed E-state index contributed by atoms with van der Waals surface area (Å²) in [5.74, 6) is 0.514. The van der Waals surface area contributed by atoms with Crippen LogP contribution in [0.2, 0.25) is 0 Å². The fourth-order valence-electron chi connectivity index (χ4n) is 1.64. The Bertz CT molecular complexity index is 310. The van der Waals surface area contributed by atoms with Crippen molar-refractivity contribution in [3.63, 3.8) is 0 Å². The van der Waals surface area contributed by atoms with Gasteiger partial charge in [0, 0.05) is 15.7 Å². The van der Waals surface area contributed by atoms with Crippen molar-refractivity contribution in [1.82, 2.24) is 0 Å². The van der Waals surface area contributed by atoms with Gasteiger partial charge in [-0.2, -0.15) is 0 Å². The number of dihydropyridines is 1. The number of nitrogens with zero attached hydrogens (tertiary/aromatic N) is 1. The van der Waals surface area contributed by atoms with Crippen LogP contribution in [0.15, 0.2) is 38.4 Å². The molecule has 0 amide bonds. The van der Waals surface area contributed by atoms with Crippen LogP contribution < -0.4 is 0 Å². The summed E-state index contributed by atoms with van der Waals surface area (Å²) >= 11 is 2.40. The normalized spacial score (nSPS) is 32.5. The summed E-state index contributed by atoms with van der Waals surface area (Å²) in [6.07, 6.45) is 10.5. The maximum Gasteiger partial charge on any atom is 0.0584 e. The van der Waals surface area contributed by atoms with E-state index in [-0.39, 0.29) is 0 Å². The van der Waals surface area contributed by atoms with Crippen LogP contribution in [0.4, 0.5) is 0 Å². The van der Waals surface area contributed by atoms with Crippen molar-refractivity contribution >= 4 is 28.8 Å². The number of halogens is 1. The van der Waals surface area contributed by atoms with Crippen LogP contribution in [0.25, 0.3) is 0 Å². The van der Waals surface area contributed by atoms with Gasteiger partial charge in [-0.3, -0.25) is 4.99 Å². The lowest BCUT2D eigenvalue weighted by atomic mass is 9.87. The third-order valence-corrected chi connectivity index (χ3v) is 3.30. The Labute approximate surface area is 86.1 Å². The minimum absolute atomic E-state index is 0.401. The third-order valence-electron chi connectivity index (χ3n) is 2.27. The highest BCUT2D eigenvalue weighted by Crippen LogP contribution is 2.35. The molecule has 0 aromatic rings. The van der Waals surface area contributed by atoms with Gasteiger partial charge < -0.3 is 0 Å². The van der Waals surface area contributed by atoms with Gasteiger partial charge in [-0.15, -0.1) is 0 Å². The van der Waals surface area contributed by atoms with E-state index in [1.165, 1.54) is 9.15 Å². The molecule has 2 unspecified atom stereocenters. The molecule has 0 fully saturated rings. The van der Waals surface area contributed by atoms with Crippen LogP contribution in [0, 0.1) is 5.92 Å². The molecule has 1 heterocycles. The van der Waals surface area contributed by atoms with Crippen molar-refractivity contribution in [2.75, 3.05) is 0 Å². The van der Waals surface area contributed by atoms with E-state index in [1.807, 2.05) is 6.21 Å². The van der Waals surface area contributed by atoms with E-state index >= 15 is 0 Å². The van der Waals surface area contributed by atoms with E-state index < -0.39 is 0 Å². The lowest BCUT2D eigenvalue weighted by Gasteiger charge is -2.26. The van der Waals surface area contributed by atoms with Crippen molar-refractivity contribution in [1.29, 1.82) is 0 Å². The van der Waals surface area contributed by atoms with Gasteiger partial charge in [0.25, 0.3) is 0 Å². The monoisotopic (exact) mass is 271 g/mol. The van der Waals surface area contributed by atoms with E-state index in [0.29, 0.717) is 12.0 Å². The molecule has 2 heteroatoms. The minimum Gasteiger partial charge on any atom is -0.289 e. The second-order valence-corrected chi connectivity index (χ2v) is 4.34. The molecule has 1 nitrogen and oxygen atoms in total. The second kappa shape index (κ2) is 3.17. The summed E-state index contributed by atoms with van der Waals surface area (Å²) in [5.41, 5.74) is 1.39. The molecular formula is C10H10IN. The van der Waals surface area contributed by atoms with Gasteiger partial charge in [-0.05, 0) is 41.2 Å². The molecule has 0 radical (unpaired) electrons. The van der Waals surface area contributed by atoms with Gasteiger partial charge in [0.1, 0.15) is 0 Å². The van der Waals surface area contributed by atoms with Gasteiger partial charge in [-0.25, -0.2) is 0 Å². The molecule has 0 N–H and O–H groups in total. The summed E-state index contributed by atoms with van der Waals surface area (Å²) in [7, 11) is 0. The Morgan fingerprint density at radius 1 is 1.42 bits per heavy atom. The van der Waals surface area contributed by atoms with Crippen LogP contribution in [0.1, 0.15) is 6.92 Å². The van der Waals surface area contributed by atoms with Crippen molar-refractivity contribution in [2.24, 2.45) is 10.9 Å². The van der Waals surface area contributed by atoms with Crippen LogP contribution in [0.3, 0.4) is 0 Å². The second-order valence-electron chi connectivity index (χ2n) is 3.09. The Hall–Kier alpha value is -0.380. The number of allylic oxidation sites excluding steroid dienone is 4. The highest BCUT2D eigenvalue weighted by Gasteiger charge is 2.25. The number of fused-ring (bicyclic) bond motifs is 1. The molecule has 0 spiro atoms. The van der Waals surface area contributed by atoms with Gasteiger partial charge in [0.2, 0.25) is 0 Å². The van der Waals surface area contributed by atoms with E-state index in [4.69, 9.17) is 0 Å². The van der Waals surface area contributed by atoms with Gasteiger partial charge in [0.15, 0.2) is 0 Å². The molecule has 0 saturated carbocycles. The molecule has 12 heavy (non-hydrogen) atoms. The first-order valence-electron chi connectivity index (χ1n) is 4.06. The van der Waals surface area contributed by atoms with Crippen LogP contribution in [0.5, 0.6) is 0 Å². The van der Waals surface area contributed by atoms with E-state index in [9.17, 15) is 0 Å². The van der Waals surface area contributed by atoms with Gasteiger partial charge >= 0.3 is 0 Å². The summed E-state index contributed by atoms with van der Waals surface area (Å²) in [5, 5.41) is 0. The first-order valence-corrected chi connectivity index (χ1v) is 5.14. The fraction of sp³-hybridized carbons (Fsp3) is 0.300. The van der Waals surface area contributed by atoms with E-state index in [2.05, 4.69) is 58.8 Å². The van der Waals surface area contributed by atoms with Crippen molar-refractivity contribution in [3.8, 4) is 0 Å². The quantitative estimate of drug-likeness (QED) is 0.601. The average molecular weight is 271 g/mol. The fourth-order valence-corrected chi connectivity index (χ4v) is 2.72. The van der Waals surface area contributed by atoms with Gasteiger partial charge in [-0.1, -0.05) is 18.2 Å². The number of aliphatic imine (C=N–C) groups is 1. The lowest BCUT2D eigenvalue weighted by molar-refractivity contribution is 0.608. The highest BCUT2D eigenvalue weighted by atomic mass is 127. The summed E-state index contributed by atoms with van der Waals surface area (Å²) in [4.78, 5) is 4.38. The van der Waals surface area contributed by atoms with Crippen molar-refractivity contribution in [2.45, 2.75) is 13.0 Å². The SMILES string of the molecule is CC1N=CC=C2C=CC=C(I)C21. The van der Waals surface area contributed by atoms with Crippen molar-refractivity contribution in [3.05, 3.63) is 33.5 Å². The molecule has 2 aliphatic rings. The standard InChI is InChI=1S/C10H10IN/c1-7-10-8(5-6-12-7)3-2-4-9(10)11/h2-7,10H,1H3. The van der Waals surface area contributed by atoms with Crippen LogP contribution in [-0.2, 0) is 0 Å². The number of hydrogen-bond acceptors (Lipinski definition) is 1. The largest absolute Gasteiger partial charge is 0.289 e. The Morgan fingerprint density at radius 3 is 3.00 bits per heavy atom. The number of rotatable bonds is 0. The Morgan fingerprint density at radius 2 is 2.25 bits per heavy atom. The average Bonchev–Trinajstić information content (AvgIpc) is 2.04. The summed E-state index contributed by atoms with van der Waals surface area (Å²) < 4.78 is 1.39. The molecule has 2 rings (SSSR count). The van der Waals surface area contributed by atoms with Crippen LogP contribution >= 0.6 is 22.6 Å². The predicted molar refractivity (Wildman–Crippen MR) is 60.8 cm³/mol. The Kier molecular flexibility index (Phi) is 2.17. The molecule has 0 bridgehead atoms. The molecule has 2 atom stereocenters. The first kappa shape index (κ1) is 8.23. The van der Waals surface area contributed by atoms with E-state index in [1.54, 1.807) is 0 Å². The molecule has 0 saturated heterocycles. The Balaban J connectivity index is 2.40. The molecule has 0 aromatic carbocycles. The topological polar surface area (TPSA) is 12.4 Å². The molecular weight excluding hydrogens is 261 g/mol. The third kappa shape index (κ3) is 1.28. The van der Waals surface area contributed by atoms with Crippen molar-refractivity contribution < 1.29 is 0 Å². The molecule has 62 valence electrons. The van der Waals surface area contributed by atoms with Crippen LogP contribution in [-0.4, -0.2) is 12.3 Å². The van der Waals surface area contributed by atoms with E-state index in [0.717, 1.165) is 0 Å². The highest BCUT2D eigenvalue weighted by molar-refractivity contribution is 14.1. The molecule has 1 aliphatic carbocycles. The maximum atomic E-state index is 4.38. The zero-order valence-corrected chi connectivity index (χ0v) is 9.02. The first-order chi connectivity index (χ1) is 5.79. The predicted octanol–water partition coefficient (Wildman–Crippen LogP) is 2.89. The molecule has 1 aliphatic heterocycles. The lowest BCUT2D eigenvalue weighted by Crippen LogP contribution is -2.21. The number of hydrogen-bond donors (Lipinski definition) is 0. The smallest absolute Gasteiger partial charge is 0.0584 e.